The average Bonchev–Trinajstić information content (AvgIpc) is 2.16. The Balaban J connectivity index is 2.78. The van der Waals surface area contributed by atoms with Gasteiger partial charge in [0.1, 0.15) is 11.6 Å². The lowest BCUT2D eigenvalue weighted by Gasteiger charge is -2.16. The molecule has 4 nitrogen and oxygen atoms in total. The first-order valence-electron chi connectivity index (χ1n) is 4.82. The largest absolute Gasteiger partial charge is 0.496 e. The number of carbonyl (C=O) groups is 1. The number of hydrogen-bond acceptors (Lipinski definition) is 3. The van der Waals surface area contributed by atoms with Crippen LogP contribution in [0.4, 0.5) is 4.39 Å². The number of nitrogens with two attached hydrogens (primary N) is 1. The number of nitrogens with zero attached hydrogens (tertiary/aromatic N) is 1. The zero-order valence-electron chi connectivity index (χ0n) is 9.37. The molecule has 0 aromatic heterocycles. The van der Waals surface area contributed by atoms with E-state index in [1.54, 1.807) is 18.0 Å². The summed E-state index contributed by atoms with van der Waals surface area (Å²) in [4.78, 5) is 12.4. The fraction of sp³-hybridized carbons (Fsp3) is 0.364. The van der Waals surface area contributed by atoms with E-state index in [0.29, 0.717) is 17.9 Å². The molecule has 1 aromatic rings. The van der Waals surface area contributed by atoms with Gasteiger partial charge in [-0.25, -0.2) is 4.39 Å². The molecule has 0 fully saturated rings. The Morgan fingerprint density at radius 3 is 2.81 bits per heavy atom. The minimum atomic E-state index is -0.419. The smallest absolute Gasteiger partial charge is 0.231 e. The van der Waals surface area contributed by atoms with E-state index in [1.807, 2.05) is 0 Å². The normalized spacial score (nSPS) is 10.5. The van der Waals surface area contributed by atoms with Gasteiger partial charge < -0.3 is 10.5 Å². The van der Waals surface area contributed by atoms with Crippen molar-refractivity contribution in [1.82, 2.24) is 4.90 Å². The number of carbonyl (C=O) groups excluding carboxylic acids is 1. The van der Waals surface area contributed by atoms with Crippen molar-refractivity contribution in [2.24, 2.45) is 5.73 Å². The molecule has 1 amide bonds. The molecular weight excluding hydrogens is 211 g/mol. The second-order valence-corrected chi connectivity index (χ2v) is 3.59. The third-order valence-electron chi connectivity index (χ3n) is 2.11. The highest BCUT2D eigenvalue weighted by Gasteiger charge is 2.09. The maximum atomic E-state index is 13.0. The van der Waals surface area contributed by atoms with Crippen LogP contribution in [-0.2, 0) is 11.3 Å². The second kappa shape index (κ2) is 5.46. The van der Waals surface area contributed by atoms with Crippen LogP contribution >= 0.6 is 0 Å². The molecule has 1 rings (SSSR count). The van der Waals surface area contributed by atoms with Crippen LogP contribution in [0.5, 0.6) is 5.75 Å². The summed E-state index contributed by atoms with van der Waals surface area (Å²) >= 11 is 0. The van der Waals surface area contributed by atoms with E-state index < -0.39 is 5.91 Å². The molecule has 16 heavy (non-hydrogen) atoms. The Labute approximate surface area is 93.8 Å². The predicted octanol–water partition coefficient (Wildman–Crippen LogP) is 0.751. The summed E-state index contributed by atoms with van der Waals surface area (Å²) in [5.74, 6) is -0.154. The lowest BCUT2D eigenvalue weighted by Crippen LogP contribution is -2.30. The van der Waals surface area contributed by atoms with Crippen molar-refractivity contribution >= 4 is 5.91 Å². The molecule has 0 saturated heterocycles. The quantitative estimate of drug-likeness (QED) is 0.806. The highest BCUT2D eigenvalue weighted by Crippen LogP contribution is 2.20. The summed E-state index contributed by atoms with van der Waals surface area (Å²) in [5.41, 5.74) is 5.75. The van der Waals surface area contributed by atoms with Gasteiger partial charge >= 0.3 is 0 Å². The third kappa shape index (κ3) is 3.51. The van der Waals surface area contributed by atoms with Gasteiger partial charge in [-0.3, -0.25) is 9.69 Å². The molecule has 0 unspecified atom stereocenters. The SMILES string of the molecule is COc1ccc(F)cc1CN(C)CC(N)=O. The molecule has 0 heterocycles. The first-order valence-corrected chi connectivity index (χ1v) is 4.82. The van der Waals surface area contributed by atoms with Crippen LogP contribution in [0.3, 0.4) is 0 Å². The van der Waals surface area contributed by atoms with Gasteiger partial charge in [-0.05, 0) is 25.2 Å². The summed E-state index contributed by atoms with van der Waals surface area (Å²) in [6.07, 6.45) is 0. The van der Waals surface area contributed by atoms with Crippen LogP contribution in [0.1, 0.15) is 5.56 Å². The monoisotopic (exact) mass is 226 g/mol. The van der Waals surface area contributed by atoms with Crippen LogP contribution in [0.25, 0.3) is 0 Å². The standard InChI is InChI=1S/C11H15FN2O2/c1-14(7-11(13)15)6-8-5-9(12)3-4-10(8)16-2/h3-5H,6-7H2,1-2H3,(H2,13,15). The van der Waals surface area contributed by atoms with E-state index in [4.69, 9.17) is 10.5 Å². The fourth-order valence-corrected chi connectivity index (χ4v) is 1.48. The minimum absolute atomic E-state index is 0.125. The molecule has 2 N–H and O–H groups in total. The summed E-state index contributed by atoms with van der Waals surface area (Å²) in [6.45, 7) is 0.531. The molecule has 0 radical (unpaired) electrons. The van der Waals surface area contributed by atoms with E-state index >= 15 is 0 Å². The first-order chi connectivity index (χ1) is 7.52. The summed E-state index contributed by atoms with van der Waals surface area (Å²) in [5, 5.41) is 0. The Kier molecular flexibility index (Phi) is 4.25. The number of methoxy groups -OCH3 is 1. The van der Waals surface area contributed by atoms with E-state index in [0.717, 1.165) is 0 Å². The molecule has 0 aliphatic rings. The van der Waals surface area contributed by atoms with Crippen molar-refractivity contribution in [2.75, 3.05) is 20.7 Å². The van der Waals surface area contributed by atoms with Crippen LogP contribution in [-0.4, -0.2) is 31.5 Å². The first kappa shape index (κ1) is 12.4. The Bertz CT molecular complexity index is 382. The van der Waals surface area contributed by atoms with Crippen LogP contribution < -0.4 is 10.5 Å². The van der Waals surface area contributed by atoms with Gasteiger partial charge in [0.05, 0.1) is 13.7 Å². The highest BCUT2D eigenvalue weighted by molar-refractivity contribution is 5.75. The molecule has 0 aliphatic carbocycles. The Morgan fingerprint density at radius 1 is 1.56 bits per heavy atom. The molecule has 88 valence electrons. The zero-order valence-corrected chi connectivity index (χ0v) is 9.37. The van der Waals surface area contributed by atoms with Gasteiger partial charge in [-0.2, -0.15) is 0 Å². The number of primary amides is 1. The number of benzene rings is 1. The molecule has 0 spiro atoms. The van der Waals surface area contributed by atoms with Gasteiger partial charge in [-0.1, -0.05) is 0 Å². The summed E-state index contributed by atoms with van der Waals surface area (Å²) in [6, 6.07) is 4.27. The average molecular weight is 226 g/mol. The summed E-state index contributed by atoms with van der Waals surface area (Å²) < 4.78 is 18.1. The maximum Gasteiger partial charge on any atom is 0.231 e. The zero-order chi connectivity index (χ0) is 12.1. The Hall–Kier alpha value is -1.62. The molecule has 5 heteroatoms. The van der Waals surface area contributed by atoms with E-state index in [9.17, 15) is 9.18 Å². The number of ether oxygens (including phenoxy) is 1. The van der Waals surface area contributed by atoms with Gasteiger partial charge in [0.25, 0.3) is 0 Å². The predicted molar refractivity (Wildman–Crippen MR) is 58.5 cm³/mol. The third-order valence-corrected chi connectivity index (χ3v) is 2.11. The van der Waals surface area contributed by atoms with Gasteiger partial charge in [-0.15, -0.1) is 0 Å². The van der Waals surface area contributed by atoms with Crippen molar-refractivity contribution in [3.63, 3.8) is 0 Å². The topological polar surface area (TPSA) is 55.6 Å². The number of hydrogen-bond donors (Lipinski definition) is 1. The van der Waals surface area contributed by atoms with Gasteiger partial charge in [0, 0.05) is 12.1 Å². The molecule has 1 aromatic carbocycles. The molecular formula is C11H15FN2O2. The van der Waals surface area contributed by atoms with Crippen LogP contribution in [0.15, 0.2) is 18.2 Å². The van der Waals surface area contributed by atoms with Crippen molar-refractivity contribution in [2.45, 2.75) is 6.54 Å². The van der Waals surface area contributed by atoms with E-state index in [2.05, 4.69) is 0 Å². The Morgan fingerprint density at radius 2 is 2.25 bits per heavy atom. The molecule has 0 atom stereocenters. The van der Waals surface area contributed by atoms with E-state index in [-0.39, 0.29) is 12.4 Å². The summed E-state index contributed by atoms with van der Waals surface area (Å²) in [7, 11) is 3.25. The second-order valence-electron chi connectivity index (χ2n) is 3.59. The number of likely N-dealkylation sites (N-methyl/N-ethyl adjacent to an activating group) is 1. The van der Waals surface area contributed by atoms with Crippen molar-refractivity contribution in [3.05, 3.63) is 29.6 Å². The van der Waals surface area contributed by atoms with Crippen LogP contribution in [0, 0.1) is 5.82 Å². The number of amides is 1. The van der Waals surface area contributed by atoms with Crippen LogP contribution in [0.2, 0.25) is 0 Å². The van der Waals surface area contributed by atoms with Gasteiger partial charge in [0.15, 0.2) is 0 Å². The van der Waals surface area contributed by atoms with Crippen molar-refractivity contribution in [3.8, 4) is 5.75 Å². The molecule has 0 saturated carbocycles. The molecule has 0 bridgehead atoms. The van der Waals surface area contributed by atoms with Crippen molar-refractivity contribution < 1.29 is 13.9 Å². The fourth-order valence-electron chi connectivity index (χ4n) is 1.48. The minimum Gasteiger partial charge on any atom is -0.496 e. The highest BCUT2D eigenvalue weighted by atomic mass is 19.1. The number of halogens is 1. The van der Waals surface area contributed by atoms with Crippen molar-refractivity contribution in [1.29, 1.82) is 0 Å². The lowest BCUT2D eigenvalue weighted by atomic mass is 10.2. The lowest BCUT2D eigenvalue weighted by molar-refractivity contribution is -0.118. The number of rotatable bonds is 5. The van der Waals surface area contributed by atoms with Gasteiger partial charge in [0.2, 0.25) is 5.91 Å². The molecule has 0 aliphatic heterocycles. The maximum absolute atomic E-state index is 13.0. The van der Waals surface area contributed by atoms with E-state index in [1.165, 1.54) is 19.2 Å².